The highest BCUT2D eigenvalue weighted by Crippen LogP contribution is 2.28. The molecule has 2 rings (SSSR count). The minimum Gasteiger partial charge on any atom is -0.390 e. The standard InChI is InChI=1S/C14H14FNO3/c15-11-6-5-10(8-3-1-2-4-9(8)11)14(19)12(17)7-13(16)18/h1-6,12,14,17,19H,7H2,(H2,16,18). The predicted octanol–water partition coefficient (Wildman–Crippen LogP) is 1.25. The lowest BCUT2D eigenvalue weighted by Crippen LogP contribution is -2.25. The summed E-state index contributed by atoms with van der Waals surface area (Å²) >= 11 is 0. The van der Waals surface area contributed by atoms with Gasteiger partial charge in [0.2, 0.25) is 5.91 Å². The normalized spacial score (nSPS) is 14.3. The van der Waals surface area contributed by atoms with E-state index in [1.54, 1.807) is 24.3 Å². The van der Waals surface area contributed by atoms with Crippen LogP contribution in [0.2, 0.25) is 0 Å². The topological polar surface area (TPSA) is 83.6 Å². The molecule has 2 aromatic carbocycles. The third-order valence-electron chi connectivity index (χ3n) is 3.00. The fourth-order valence-electron chi connectivity index (χ4n) is 2.07. The molecule has 0 radical (unpaired) electrons. The molecule has 0 aromatic heterocycles. The lowest BCUT2D eigenvalue weighted by Gasteiger charge is -2.18. The summed E-state index contributed by atoms with van der Waals surface area (Å²) in [6, 6.07) is 9.24. The van der Waals surface area contributed by atoms with Gasteiger partial charge < -0.3 is 15.9 Å². The zero-order valence-corrected chi connectivity index (χ0v) is 10.1. The molecule has 0 saturated heterocycles. The maximum absolute atomic E-state index is 13.6. The number of aliphatic hydroxyl groups excluding tert-OH is 2. The molecular weight excluding hydrogens is 249 g/mol. The number of aliphatic hydroxyl groups is 2. The molecule has 2 unspecified atom stereocenters. The molecule has 4 N–H and O–H groups in total. The molecule has 0 aliphatic rings. The molecule has 0 aliphatic carbocycles. The van der Waals surface area contributed by atoms with Gasteiger partial charge in [0.25, 0.3) is 0 Å². The molecule has 0 spiro atoms. The molecule has 19 heavy (non-hydrogen) atoms. The Morgan fingerprint density at radius 1 is 1.16 bits per heavy atom. The van der Waals surface area contributed by atoms with Gasteiger partial charge in [0.1, 0.15) is 11.9 Å². The first-order valence-electron chi connectivity index (χ1n) is 5.82. The number of nitrogens with two attached hydrogens (primary N) is 1. The molecule has 2 atom stereocenters. The van der Waals surface area contributed by atoms with Crippen LogP contribution in [0.15, 0.2) is 36.4 Å². The first kappa shape index (κ1) is 13.5. The summed E-state index contributed by atoms with van der Waals surface area (Å²) in [6.07, 6.45) is -2.96. The second kappa shape index (κ2) is 5.34. The van der Waals surface area contributed by atoms with Crippen molar-refractivity contribution in [3.8, 4) is 0 Å². The van der Waals surface area contributed by atoms with Crippen molar-refractivity contribution in [3.63, 3.8) is 0 Å². The maximum Gasteiger partial charge on any atom is 0.220 e. The quantitative estimate of drug-likeness (QED) is 0.776. The van der Waals surface area contributed by atoms with Crippen LogP contribution in [0.5, 0.6) is 0 Å². The number of hydrogen-bond acceptors (Lipinski definition) is 3. The monoisotopic (exact) mass is 263 g/mol. The van der Waals surface area contributed by atoms with Crippen LogP contribution in [-0.2, 0) is 4.79 Å². The smallest absolute Gasteiger partial charge is 0.220 e. The van der Waals surface area contributed by atoms with Gasteiger partial charge >= 0.3 is 0 Å². The lowest BCUT2D eigenvalue weighted by molar-refractivity contribution is -0.121. The van der Waals surface area contributed by atoms with Crippen molar-refractivity contribution in [3.05, 3.63) is 47.8 Å². The van der Waals surface area contributed by atoms with Crippen LogP contribution in [0, 0.1) is 5.82 Å². The van der Waals surface area contributed by atoms with Crippen molar-refractivity contribution in [2.45, 2.75) is 18.6 Å². The number of hydrogen-bond donors (Lipinski definition) is 3. The Hall–Kier alpha value is -1.98. The van der Waals surface area contributed by atoms with Crippen molar-refractivity contribution in [2.75, 3.05) is 0 Å². The number of rotatable bonds is 4. The maximum atomic E-state index is 13.6. The molecule has 5 heteroatoms. The summed E-state index contributed by atoms with van der Waals surface area (Å²) < 4.78 is 13.6. The van der Waals surface area contributed by atoms with Gasteiger partial charge in [-0.05, 0) is 17.0 Å². The van der Waals surface area contributed by atoms with Crippen LogP contribution < -0.4 is 5.73 Å². The fourth-order valence-corrected chi connectivity index (χ4v) is 2.07. The van der Waals surface area contributed by atoms with Crippen molar-refractivity contribution >= 4 is 16.7 Å². The van der Waals surface area contributed by atoms with Crippen LogP contribution in [0.3, 0.4) is 0 Å². The number of carbonyl (C=O) groups is 1. The summed E-state index contributed by atoms with van der Waals surface area (Å²) in [6.45, 7) is 0. The minimum atomic E-state index is -1.31. The number of primary amides is 1. The van der Waals surface area contributed by atoms with Crippen LogP contribution in [-0.4, -0.2) is 22.2 Å². The van der Waals surface area contributed by atoms with E-state index in [2.05, 4.69) is 0 Å². The van der Waals surface area contributed by atoms with E-state index >= 15 is 0 Å². The molecule has 0 heterocycles. The van der Waals surface area contributed by atoms with Gasteiger partial charge in [-0.15, -0.1) is 0 Å². The Bertz CT molecular complexity index is 615. The van der Waals surface area contributed by atoms with Gasteiger partial charge in [-0.25, -0.2) is 4.39 Å². The first-order valence-corrected chi connectivity index (χ1v) is 5.82. The van der Waals surface area contributed by atoms with E-state index in [1.165, 1.54) is 12.1 Å². The Kier molecular flexibility index (Phi) is 3.78. The second-order valence-corrected chi connectivity index (χ2v) is 4.36. The van der Waals surface area contributed by atoms with Crippen LogP contribution in [0.25, 0.3) is 10.8 Å². The van der Waals surface area contributed by atoms with E-state index in [4.69, 9.17) is 5.73 Å². The Morgan fingerprint density at radius 2 is 1.79 bits per heavy atom. The van der Waals surface area contributed by atoms with E-state index < -0.39 is 23.9 Å². The summed E-state index contributed by atoms with van der Waals surface area (Å²) in [5.74, 6) is -1.12. The predicted molar refractivity (Wildman–Crippen MR) is 68.7 cm³/mol. The SMILES string of the molecule is NC(=O)CC(O)C(O)c1ccc(F)c2ccccc12. The zero-order chi connectivity index (χ0) is 14.0. The fraction of sp³-hybridized carbons (Fsp3) is 0.214. The third-order valence-corrected chi connectivity index (χ3v) is 3.00. The number of fused-ring (bicyclic) bond motifs is 1. The van der Waals surface area contributed by atoms with E-state index in [-0.39, 0.29) is 6.42 Å². The second-order valence-electron chi connectivity index (χ2n) is 4.36. The molecule has 2 aromatic rings. The molecule has 0 fully saturated rings. The van der Waals surface area contributed by atoms with Crippen molar-refractivity contribution in [1.82, 2.24) is 0 Å². The Labute approximate surface area is 109 Å². The minimum absolute atomic E-state index is 0.352. The molecule has 0 saturated carbocycles. The number of benzene rings is 2. The highest BCUT2D eigenvalue weighted by atomic mass is 19.1. The zero-order valence-electron chi connectivity index (χ0n) is 10.1. The van der Waals surface area contributed by atoms with Crippen molar-refractivity contribution in [1.29, 1.82) is 0 Å². The van der Waals surface area contributed by atoms with Crippen LogP contribution >= 0.6 is 0 Å². The highest BCUT2D eigenvalue weighted by molar-refractivity contribution is 5.86. The average Bonchev–Trinajstić information content (AvgIpc) is 2.38. The van der Waals surface area contributed by atoms with E-state index in [0.29, 0.717) is 16.3 Å². The molecule has 0 aliphatic heterocycles. The van der Waals surface area contributed by atoms with Crippen molar-refractivity contribution in [2.24, 2.45) is 5.73 Å². The van der Waals surface area contributed by atoms with Gasteiger partial charge in [0, 0.05) is 5.39 Å². The molecule has 100 valence electrons. The third kappa shape index (κ3) is 2.72. The van der Waals surface area contributed by atoms with E-state index in [0.717, 1.165) is 0 Å². The van der Waals surface area contributed by atoms with Gasteiger partial charge in [-0.2, -0.15) is 0 Å². The highest BCUT2D eigenvalue weighted by Gasteiger charge is 2.22. The van der Waals surface area contributed by atoms with Gasteiger partial charge in [-0.3, -0.25) is 4.79 Å². The summed E-state index contributed by atoms with van der Waals surface area (Å²) in [5, 5.41) is 20.6. The van der Waals surface area contributed by atoms with Gasteiger partial charge in [0.15, 0.2) is 0 Å². The molecule has 0 bridgehead atoms. The summed E-state index contributed by atoms with van der Waals surface area (Å²) in [4.78, 5) is 10.8. The molecular formula is C14H14FNO3. The number of carbonyl (C=O) groups excluding carboxylic acids is 1. The molecule has 1 amide bonds. The van der Waals surface area contributed by atoms with E-state index in [9.17, 15) is 19.4 Å². The Balaban J connectivity index is 2.45. The largest absolute Gasteiger partial charge is 0.390 e. The summed E-state index contributed by atoms with van der Waals surface area (Å²) in [7, 11) is 0. The molecule has 4 nitrogen and oxygen atoms in total. The lowest BCUT2D eigenvalue weighted by atomic mass is 9.96. The van der Waals surface area contributed by atoms with Gasteiger partial charge in [0.05, 0.1) is 12.5 Å². The van der Waals surface area contributed by atoms with Crippen molar-refractivity contribution < 1.29 is 19.4 Å². The van der Waals surface area contributed by atoms with Crippen LogP contribution in [0.4, 0.5) is 4.39 Å². The van der Waals surface area contributed by atoms with E-state index in [1.807, 2.05) is 0 Å². The Morgan fingerprint density at radius 3 is 2.42 bits per heavy atom. The number of halogens is 1. The number of amides is 1. The summed E-state index contributed by atoms with van der Waals surface area (Å²) in [5.41, 5.74) is 5.34. The first-order chi connectivity index (χ1) is 9.00. The van der Waals surface area contributed by atoms with Gasteiger partial charge in [-0.1, -0.05) is 30.3 Å². The van der Waals surface area contributed by atoms with Crippen LogP contribution in [0.1, 0.15) is 18.1 Å². The average molecular weight is 263 g/mol.